The van der Waals surface area contributed by atoms with Gasteiger partial charge in [0.2, 0.25) is 0 Å². The predicted octanol–water partition coefficient (Wildman–Crippen LogP) is 1.19. The monoisotopic (exact) mass is 311 g/mol. The highest BCUT2D eigenvalue weighted by molar-refractivity contribution is 9.10. The normalized spacial score (nSPS) is 10.9. The van der Waals surface area contributed by atoms with Crippen LogP contribution in [0.2, 0.25) is 0 Å². The van der Waals surface area contributed by atoms with Crippen LogP contribution in [-0.2, 0) is 20.2 Å². The molecular weight excluding hydrogens is 298 g/mol. The van der Waals surface area contributed by atoms with Gasteiger partial charge >= 0.3 is 5.69 Å². The van der Waals surface area contributed by atoms with Gasteiger partial charge in [0, 0.05) is 11.5 Å². The number of hydrogen-bond donors (Lipinski definition) is 1. The summed E-state index contributed by atoms with van der Waals surface area (Å²) in [5.74, 6) is 0.377. The van der Waals surface area contributed by atoms with Crippen molar-refractivity contribution in [2.45, 2.75) is 20.1 Å². The highest BCUT2D eigenvalue weighted by atomic mass is 79.9. The van der Waals surface area contributed by atoms with Crippen LogP contribution in [0.3, 0.4) is 0 Å². The second kappa shape index (κ2) is 5.07. The SMILES string of the molecule is Cc1ccc(Br)cc1Cn1c(CO)nn(C)c1=O. The summed E-state index contributed by atoms with van der Waals surface area (Å²) in [6.07, 6.45) is 0. The summed E-state index contributed by atoms with van der Waals surface area (Å²) in [5, 5.41) is 13.2. The lowest BCUT2D eigenvalue weighted by Crippen LogP contribution is -2.24. The molecular formula is C12H14BrN3O2. The molecule has 1 aromatic carbocycles. The van der Waals surface area contributed by atoms with Gasteiger partial charge in [-0.05, 0) is 30.2 Å². The topological polar surface area (TPSA) is 60.0 Å². The lowest BCUT2D eigenvalue weighted by atomic mass is 10.1. The number of nitrogens with zero attached hydrogens (tertiary/aromatic N) is 3. The van der Waals surface area contributed by atoms with Crippen molar-refractivity contribution in [3.8, 4) is 0 Å². The molecule has 0 saturated heterocycles. The Labute approximate surface area is 113 Å². The van der Waals surface area contributed by atoms with E-state index in [0.717, 1.165) is 15.6 Å². The lowest BCUT2D eigenvalue weighted by molar-refractivity contribution is 0.264. The smallest absolute Gasteiger partial charge is 0.346 e. The minimum atomic E-state index is -0.247. The third-order valence-corrected chi connectivity index (χ3v) is 3.36. The third-order valence-electron chi connectivity index (χ3n) is 2.87. The van der Waals surface area contributed by atoms with E-state index in [1.165, 1.54) is 9.25 Å². The fourth-order valence-electron chi connectivity index (χ4n) is 1.81. The molecule has 0 bridgehead atoms. The Kier molecular flexibility index (Phi) is 3.68. The maximum Gasteiger partial charge on any atom is 0.346 e. The van der Waals surface area contributed by atoms with Gasteiger partial charge in [0.1, 0.15) is 6.61 Å². The van der Waals surface area contributed by atoms with Crippen molar-refractivity contribution in [1.82, 2.24) is 14.3 Å². The Bertz CT molecular complexity index is 631. The minimum Gasteiger partial charge on any atom is -0.388 e. The van der Waals surface area contributed by atoms with E-state index < -0.39 is 0 Å². The first-order chi connectivity index (χ1) is 8.52. The van der Waals surface area contributed by atoms with Gasteiger partial charge in [0.15, 0.2) is 5.82 Å². The average Bonchev–Trinajstić information content (AvgIpc) is 2.61. The maximum atomic E-state index is 11.9. The lowest BCUT2D eigenvalue weighted by Gasteiger charge is -2.08. The molecule has 18 heavy (non-hydrogen) atoms. The number of aliphatic hydroxyl groups is 1. The van der Waals surface area contributed by atoms with Crippen molar-refractivity contribution in [1.29, 1.82) is 0 Å². The molecule has 1 N–H and O–H groups in total. The van der Waals surface area contributed by atoms with Crippen LogP contribution in [0.25, 0.3) is 0 Å². The summed E-state index contributed by atoms with van der Waals surface area (Å²) in [6, 6.07) is 5.91. The zero-order valence-electron chi connectivity index (χ0n) is 10.2. The van der Waals surface area contributed by atoms with Crippen LogP contribution < -0.4 is 5.69 Å². The van der Waals surface area contributed by atoms with Crippen LogP contribution >= 0.6 is 15.9 Å². The molecule has 2 rings (SSSR count). The second-order valence-corrected chi connectivity index (χ2v) is 5.05. The molecule has 0 amide bonds. The van der Waals surface area contributed by atoms with Gasteiger partial charge in [0.25, 0.3) is 0 Å². The fourth-order valence-corrected chi connectivity index (χ4v) is 2.22. The first-order valence-electron chi connectivity index (χ1n) is 5.51. The first kappa shape index (κ1) is 13.0. The maximum absolute atomic E-state index is 11.9. The summed E-state index contributed by atoms with van der Waals surface area (Å²) in [7, 11) is 1.58. The number of aryl methyl sites for hydroxylation is 2. The van der Waals surface area contributed by atoms with E-state index in [4.69, 9.17) is 0 Å². The van der Waals surface area contributed by atoms with Gasteiger partial charge in [-0.1, -0.05) is 22.0 Å². The first-order valence-corrected chi connectivity index (χ1v) is 6.31. The number of aromatic nitrogens is 3. The van der Waals surface area contributed by atoms with E-state index in [1.54, 1.807) is 7.05 Å². The second-order valence-electron chi connectivity index (χ2n) is 4.14. The summed E-state index contributed by atoms with van der Waals surface area (Å²) in [6.45, 7) is 2.15. The van der Waals surface area contributed by atoms with Crippen molar-refractivity contribution in [3.63, 3.8) is 0 Å². The third kappa shape index (κ3) is 2.39. The molecule has 0 fully saturated rings. The summed E-state index contributed by atoms with van der Waals surface area (Å²) >= 11 is 3.41. The summed E-state index contributed by atoms with van der Waals surface area (Å²) < 4.78 is 3.68. The van der Waals surface area contributed by atoms with Gasteiger partial charge in [-0.2, -0.15) is 5.10 Å². The van der Waals surface area contributed by atoms with Crippen LogP contribution in [0.1, 0.15) is 17.0 Å². The number of benzene rings is 1. The van der Waals surface area contributed by atoms with Crippen molar-refractivity contribution >= 4 is 15.9 Å². The van der Waals surface area contributed by atoms with Crippen LogP contribution in [0.15, 0.2) is 27.5 Å². The van der Waals surface area contributed by atoms with Crippen LogP contribution in [0.4, 0.5) is 0 Å². The van der Waals surface area contributed by atoms with Crippen molar-refractivity contribution in [2.75, 3.05) is 0 Å². The van der Waals surface area contributed by atoms with Crippen molar-refractivity contribution in [3.05, 3.63) is 50.1 Å². The van der Waals surface area contributed by atoms with Gasteiger partial charge in [-0.15, -0.1) is 0 Å². The molecule has 96 valence electrons. The Morgan fingerprint density at radius 3 is 2.83 bits per heavy atom. The number of aliphatic hydroxyl groups excluding tert-OH is 1. The van der Waals surface area contributed by atoms with E-state index in [-0.39, 0.29) is 12.3 Å². The largest absolute Gasteiger partial charge is 0.388 e. The standard InChI is InChI=1S/C12H14BrN3O2/c1-8-3-4-10(13)5-9(8)6-16-11(7-17)14-15(2)12(16)18/h3-5,17H,6-7H2,1-2H3. The Morgan fingerprint density at radius 1 is 1.44 bits per heavy atom. The molecule has 0 spiro atoms. The fraction of sp³-hybridized carbons (Fsp3) is 0.333. The molecule has 2 aromatic rings. The molecule has 0 aliphatic heterocycles. The Balaban J connectivity index is 2.45. The van der Waals surface area contributed by atoms with Gasteiger partial charge < -0.3 is 5.11 Å². The molecule has 0 unspecified atom stereocenters. The van der Waals surface area contributed by atoms with E-state index in [1.807, 2.05) is 25.1 Å². The highest BCUT2D eigenvalue weighted by Crippen LogP contribution is 2.17. The van der Waals surface area contributed by atoms with Gasteiger partial charge in [-0.3, -0.25) is 4.57 Å². The van der Waals surface area contributed by atoms with E-state index in [0.29, 0.717) is 12.4 Å². The number of rotatable bonds is 3. The average molecular weight is 312 g/mol. The minimum absolute atomic E-state index is 0.224. The molecule has 1 heterocycles. The molecule has 0 aliphatic rings. The number of halogens is 1. The van der Waals surface area contributed by atoms with Crippen LogP contribution in [0.5, 0.6) is 0 Å². The Hall–Kier alpha value is -1.40. The van der Waals surface area contributed by atoms with Gasteiger partial charge in [-0.25, -0.2) is 9.48 Å². The highest BCUT2D eigenvalue weighted by Gasteiger charge is 2.11. The predicted molar refractivity (Wildman–Crippen MR) is 71.4 cm³/mol. The molecule has 0 radical (unpaired) electrons. The van der Waals surface area contributed by atoms with E-state index in [9.17, 15) is 9.90 Å². The molecule has 5 nitrogen and oxygen atoms in total. The summed E-state index contributed by atoms with van der Waals surface area (Å²) in [5.41, 5.74) is 1.89. The molecule has 0 atom stereocenters. The quantitative estimate of drug-likeness (QED) is 0.926. The molecule has 1 aromatic heterocycles. The summed E-state index contributed by atoms with van der Waals surface area (Å²) in [4.78, 5) is 11.9. The Morgan fingerprint density at radius 2 is 2.17 bits per heavy atom. The molecule has 0 aliphatic carbocycles. The number of hydrogen-bond acceptors (Lipinski definition) is 3. The van der Waals surface area contributed by atoms with Crippen molar-refractivity contribution < 1.29 is 5.11 Å². The van der Waals surface area contributed by atoms with Crippen LogP contribution in [0, 0.1) is 6.92 Å². The molecule has 0 saturated carbocycles. The van der Waals surface area contributed by atoms with E-state index >= 15 is 0 Å². The van der Waals surface area contributed by atoms with Crippen molar-refractivity contribution in [2.24, 2.45) is 7.05 Å². The van der Waals surface area contributed by atoms with Crippen LogP contribution in [-0.4, -0.2) is 19.5 Å². The van der Waals surface area contributed by atoms with E-state index in [2.05, 4.69) is 21.0 Å². The van der Waals surface area contributed by atoms with Gasteiger partial charge in [0.05, 0.1) is 6.54 Å². The zero-order valence-corrected chi connectivity index (χ0v) is 11.8. The molecule has 6 heteroatoms. The zero-order chi connectivity index (χ0) is 13.3.